The van der Waals surface area contributed by atoms with Gasteiger partial charge in [0.05, 0.1) is 12.4 Å². The second-order valence-corrected chi connectivity index (χ2v) is 8.87. The summed E-state index contributed by atoms with van der Waals surface area (Å²) in [4.78, 5) is 0. The maximum absolute atomic E-state index is 13.6. The number of rotatable bonds is 7. The van der Waals surface area contributed by atoms with Crippen molar-refractivity contribution in [2.24, 2.45) is 0 Å². The van der Waals surface area contributed by atoms with Crippen molar-refractivity contribution >= 4 is 11.8 Å². The van der Waals surface area contributed by atoms with E-state index in [2.05, 4.69) is 20.4 Å². The van der Waals surface area contributed by atoms with Crippen LogP contribution in [0.1, 0.15) is 18.1 Å². The van der Waals surface area contributed by atoms with E-state index < -0.39 is 0 Å². The van der Waals surface area contributed by atoms with E-state index in [1.165, 1.54) is 36.0 Å². The van der Waals surface area contributed by atoms with Crippen molar-refractivity contribution in [3.05, 3.63) is 90.3 Å². The fraction of sp³-hybridized carbons (Fsp3) is 0.120. The van der Waals surface area contributed by atoms with Gasteiger partial charge in [0, 0.05) is 16.8 Å². The zero-order valence-electron chi connectivity index (χ0n) is 18.7. The minimum absolute atomic E-state index is 0.265. The van der Waals surface area contributed by atoms with Crippen LogP contribution in [-0.2, 0) is 0 Å². The third kappa shape index (κ3) is 4.78. The first-order valence-corrected chi connectivity index (χ1v) is 11.5. The average molecular weight is 492 g/mol. The van der Waals surface area contributed by atoms with Crippen molar-refractivity contribution in [3.63, 3.8) is 0 Å². The molecule has 35 heavy (non-hydrogen) atoms. The topological polar surface area (TPSA) is 78.9 Å². The number of methoxy groups -OCH3 is 1. The quantitative estimate of drug-likeness (QED) is 0.254. The number of hydrogen-bond donors (Lipinski definition) is 0. The maximum atomic E-state index is 13.6. The average Bonchev–Trinajstić information content (AvgIpc) is 3.53. The smallest absolute Gasteiger partial charge is 0.247 e. The lowest BCUT2D eigenvalue weighted by atomic mass is 10.2. The Bertz CT molecular complexity index is 1430. The first-order chi connectivity index (χ1) is 17.0. The van der Waals surface area contributed by atoms with Gasteiger partial charge in [-0.2, -0.15) is 0 Å². The summed E-state index contributed by atoms with van der Waals surface area (Å²) in [6.07, 6.45) is 0. The van der Waals surface area contributed by atoms with Crippen molar-refractivity contribution in [3.8, 4) is 34.3 Å². The number of benzene rings is 3. The molecular weight excluding hydrogens is 472 g/mol. The second kappa shape index (κ2) is 9.67. The van der Waals surface area contributed by atoms with Gasteiger partial charge in [0.2, 0.25) is 11.8 Å². The number of nitrogens with zero attached hydrogens (tertiary/aromatic N) is 5. The molecule has 0 spiro atoms. The Kier molecular flexibility index (Phi) is 6.28. The maximum Gasteiger partial charge on any atom is 0.247 e. The van der Waals surface area contributed by atoms with Crippen LogP contribution in [0.15, 0.2) is 82.4 Å². The van der Waals surface area contributed by atoms with Crippen molar-refractivity contribution in [2.75, 3.05) is 7.11 Å². The van der Waals surface area contributed by atoms with Crippen LogP contribution in [0.4, 0.5) is 8.78 Å². The van der Waals surface area contributed by atoms with Crippen LogP contribution in [0.5, 0.6) is 5.75 Å². The molecule has 0 aliphatic rings. The molecule has 0 fully saturated rings. The van der Waals surface area contributed by atoms with E-state index in [9.17, 15) is 8.78 Å². The molecule has 7 nitrogen and oxygen atoms in total. The highest BCUT2D eigenvalue weighted by molar-refractivity contribution is 7.99. The molecule has 176 valence electrons. The van der Waals surface area contributed by atoms with Gasteiger partial charge in [-0.1, -0.05) is 11.8 Å². The largest absolute Gasteiger partial charge is 0.497 e. The Balaban J connectivity index is 1.46. The van der Waals surface area contributed by atoms with Gasteiger partial charge in [0.1, 0.15) is 17.4 Å². The highest BCUT2D eigenvalue weighted by Crippen LogP contribution is 2.37. The lowest BCUT2D eigenvalue weighted by Gasteiger charge is -2.12. The molecule has 3 aromatic carbocycles. The Morgan fingerprint density at radius 1 is 0.800 bits per heavy atom. The fourth-order valence-corrected chi connectivity index (χ4v) is 4.31. The van der Waals surface area contributed by atoms with Gasteiger partial charge < -0.3 is 9.15 Å². The minimum Gasteiger partial charge on any atom is -0.497 e. The summed E-state index contributed by atoms with van der Waals surface area (Å²) < 4.78 is 40.0. The Morgan fingerprint density at radius 3 is 2.09 bits per heavy atom. The molecule has 5 rings (SSSR count). The lowest BCUT2D eigenvalue weighted by molar-refractivity contribution is 0.415. The SMILES string of the molecule is COc1ccc(-c2nnc([C@@H](C)Sc3nnc(-c4ccc(F)cc4)n3-c3ccc(F)cc3)o2)cc1. The first kappa shape index (κ1) is 22.7. The van der Waals surface area contributed by atoms with Crippen LogP contribution in [-0.4, -0.2) is 32.1 Å². The zero-order chi connectivity index (χ0) is 24.4. The van der Waals surface area contributed by atoms with Crippen LogP contribution in [0.25, 0.3) is 28.5 Å². The molecular formula is C25H19F2N5O2S. The molecule has 0 N–H and O–H groups in total. The predicted molar refractivity (Wildman–Crippen MR) is 127 cm³/mol. The molecule has 0 unspecified atom stereocenters. The van der Waals surface area contributed by atoms with Crippen molar-refractivity contribution in [2.45, 2.75) is 17.3 Å². The van der Waals surface area contributed by atoms with Crippen molar-refractivity contribution in [1.29, 1.82) is 0 Å². The number of halogens is 2. The number of thioether (sulfide) groups is 1. The second-order valence-electron chi connectivity index (χ2n) is 7.56. The normalized spacial score (nSPS) is 12.0. The van der Waals surface area contributed by atoms with E-state index in [1.807, 2.05) is 31.2 Å². The van der Waals surface area contributed by atoms with Crippen LogP contribution < -0.4 is 4.74 Å². The zero-order valence-corrected chi connectivity index (χ0v) is 19.5. The molecule has 10 heteroatoms. The summed E-state index contributed by atoms with van der Waals surface area (Å²) in [7, 11) is 1.60. The number of hydrogen-bond acceptors (Lipinski definition) is 7. The molecule has 0 bridgehead atoms. The van der Waals surface area contributed by atoms with Gasteiger partial charge in [-0.15, -0.1) is 20.4 Å². The van der Waals surface area contributed by atoms with E-state index in [-0.39, 0.29) is 16.9 Å². The predicted octanol–water partition coefficient (Wildman–Crippen LogP) is 6.12. The van der Waals surface area contributed by atoms with Gasteiger partial charge in [-0.25, -0.2) is 8.78 Å². The molecule has 5 aromatic rings. The third-order valence-electron chi connectivity index (χ3n) is 5.23. The molecule has 0 saturated carbocycles. The summed E-state index contributed by atoms with van der Waals surface area (Å²) >= 11 is 1.36. The first-order valence-electron chi connectivity index (χ1n) is 10.6. The van der Waals surface area contributed by atoms with Gasteiger partial charge >= 0.3 is 0 Å². The molecule has 0 aliphatic heterocycles. The Hall–Kier alpha value is -4.05. The molecule has 2 heterocycles. The molecule has 2 aromatic heterocycles. The Labute approximate surface area is 203 Å². The van der Waals surface area contributed by atoms with Crippen LogP contribution in [0.3, 0.4) is 0 Å². The number of aromatic nitrogens is 5. The van der Waals surface area contributed by atoms with Crippen LogP contribution >= 0.6 is 11.8 Å². The molecule has 1 atom stereocenters. The van der Waals surface area contributed by atoms with E-state index in [0.717, 1.165) is 11.3 Å². The number of ether oxygens (including phenoxy) is 1. The summed E-state index contributed by atoms with van der Waals surface area (Å²) in [5.41, 5.74) is 2.10. The highest BCUT2D eigenvalue weighted by atomic mass is 32.2. The fourth-order valence-electron chi connectivity index (χ4n) is 3.41. The standard InChI is InChI=1S/C25H19F2N5O2S/c1-15(23-29-30-24(34-23)17-5-13-21(33-2)14-6-17)35-25-31-28-22(16-3-7-18(26)8-4-16)32(25)20-11-9-19(27)10-12-20/h3-15H,1-2H3/t15-/m1/s1. The van der Waals surface area contributed by atoms with Crippen LogP contribution in [0, 0.1) is 11.6 Å². The molecule has 0 saturated heterocycles. The highest BCUT2D eigenvalue weighted by Gasteiger charge is 2.22. The molecule has 0 amide bonds. The summed E-state index contributed by atoms with van der Waals surface area (Å²) in [6.45, 7) is 1.91. The monoisotopic (exact) mass is 491 g/mol. The minimum atomic E-state index is -0.357. The van der Waals surface area contributed by atoms with Crippen molar-refractivity contribution in [1.82, 2.24) is 25.0 Å². The van der Waals surface area contributed by atoms with Gasteiger partial charge in [-0.3, -0.25) is 4.57 Å². The summed E-state index contributed by atoms with van der Waals surface area (Å²) in [5, 5.41) is 17.3. The van der Waals surface area contributed by atoms with E-state index in [4.69, 9.17) is 9.15 Å². The van der Waals surface area contributed by atoms with Crippen LogP contribution in [0.2, 0.25) is 0 Å². The van der Waals surface area contributed by atoms with Gasteiger partial charge in [0.15, 0.2) is 11.0 Å². The summed E-state index contributed by atoms with van der Waals surface area (Å²) in [5.74, 6) is 1.32. The Morgan fingerprint density at radius 2 is 1.43 bits per heavy atom. The lowest BCUT2D eigenvalue weighted by Crippen LogP contribution is -2.01. The van der Waals surface area contributed by atoms with Gasteiger partial charge in [-0.05, 0) is 79.7 Å². The molecule has 0 radical (unpaired) electrons. The van der Waals surface area contributed by atoms with E-state index in [1.54, 1.807) is 35.9 Å². The summed E-state index contributed by atoms with van der Waals surface area (Å²) in [6, 6.07) is 19.3. The van der Waals surface area contributed by atoms with E-state index >= 15 is 0 Å². The molecule has 0 aliphatic carbocycles. The van der Waals surface area contributed by atoms with E-state index in [0.29, 0.717) is 34.0 Å². The van der Waals surface area contributed by atoms with Crippen molar-refractivity contribution < 1.29 is 17.9 Å². The van der Waals surface area contributed by atoms with Gasteiger partial charge in [0.25, 0.3) is 0 Å². The third-order valence-corrected chi connectivity index (χ3v) is 6.26.